The fourth-order valence-electron chi connectivity index (χ4n) is 2.88. The molecule has 3 aromatic carbocycles. The SMILES string of the molecule is COc1ccc(N(C(=O)CNC(=O)Nc2cccc(C)c2)c2ccccc2)cc1. The molecule has 0 spiro atoms. The van der Waals surface area contributed by atoms with Crippen molar-refractivity contribution in [1.82, 2.24) is 5.32 Å². The topological polar surface area (TPSA) is 70.7 Å². The van der Waals surface area contributed by atoms with Crippen LogP contribution in [0.3, 0.4) is 0 Å². The Balaban J connectivity index is 1.72. The molecule has 29 heavy (non-hydrogen) atoms. The number of ether oxygens (including phenoxy) is 1. The van der Waals surface area contributed by atoms with Gasteiger partial charge in [0.05, 0.1) is 13.7 Å². The second kappa shape index (κ2) is 9.41. The number of urea groups is 1. The zero-order chi connectivity index (χ0) is 20.6. The zero-order valence-corrected chi connectivity index (χ0v) is 16.4. The van der Waals surface area contributed by atoms with Crippen LogP contribution in [-0.2, 0) is 4.79 Å². The quantitative estimate of drug-likeness (QED) is 0.653. The number of hydrogen-bond acceptors (Lipinski definition) is 3. The molecule has 6 heteroatoms. The predicted molar refractivity (Wildman–Crippen MR) is 115 cm³/mol. The van der Waals surface area contributed by atoms with Crippen LogP contribution in [0.5, 0.6) is 5.75 Å². The lowest BCUT2D eigenvalue weighted by molar-refractivity contribution is -0.116. The largest absolute Gasteiger partial charge is 0.497 e. The maximum atomic E-state index is 13.0. The number of rotatable bonds is 6. The molecular formula is C23H23N3O3. The van der Waals surface area contributed by atoms with Crippen molar-refractivity contribution in [2.45, 2.75) is 6.92 Å². The van der Waals surface area contributed by atoms with Gasteiger partial charge in [0.25, 0.3) is 5.91 Å². The molecule has 0 aliphatic heterocycles. The van der Waals surface area contributed by atoms with E-state index in [1.165, 1.54) is 0 Å². The van der Waals surface area contributed by atoms with Gasteiger partial charge in [0.2, 0.25) is 0 Å². The van der Waals surface area contributed by atoms with E-state index in [-0.39, 0.29) is 12.5 Å². The van der Waals surface area contributed by atoms with Crippen LogP contribution in [-0.4, -0.2) is 25.6 Å². The molecule has 0 atom stereocenters. The van der Waals surface area contributed by atoms with Gasteiger partial charge in [-0.1, -0.05) is 30.3 Å². The summed E-state index contributed by atoms with van der Waals surface area (Å²) in [6.45, 7) is 1.79. The Morgan fingerprint density at radius 3 is 2.24 bits per heavy atom. The molecule has 3 amide bonds. The van der Waals surface area contributed by atoms with E-state index < -0.39 is 6.03 Å². The van der Waals surface area contributed by atoms with Gasteiger partial charge in [0, 0.05) is 17.1 Å². The van der Waals surface area contributed by atoms with E-state index in [2.05, 4.69) is 10.6 Å². The summed E-state index contributed by atoms with van der Waals surface area (Å²) in [6, 6.07) is 23.5. The third kappa shape index (κ3) is 5.35. The van der Waals surface area contributed by atoms with Gasteiger partial charge in [0.1, 0.15) is 5.75 Å². The number of carbonyl (C=O) groups excluding carboxylic acids is 2. The number of methoxy groups -OCH3 is 1. The van der Waals surface area contributed by atoms with Crippen LogP contribution < -0.4 is 20.3 Å². The molecule has 0 aliphatic rings. The summed E-state index contributed by atoms with van der Waals surface area (Å²) in [5.41, 5.74) is 3.10. The first-order valence-corrected chi connectivity index (χ1v) is 9.20. The van der Waals surface area contributed by atoms with Gasteiger partial charge in [-0.25, -0.2) is 4.79 Å². The molecule has 3 rings (SSSR count). The molecule has 0 heterocycles. The molecular weight excluding hydrogens is 366 g/mol. The van der Waals surface area contributed by atoms with Gasteiger partial charge < -0.3 is 15.4 Å². The highest BCUT2D eigenvalue weighted by molar-refractivity contribution is 6.03. The summed E-state index contributed by atoms with van der Waals surface area (Å²) in [7, 11) is 1.59. The highest BCUT2D eigenvalue weighted by Crippen LogP contribution is 2.27. The van der Waals surface area contributed by atoms with E-state index in [9.17, 15) is 9.59 Å². The van der Waals surface area contributed by atoms with E-state index in [4.69, 9.17) is 4.74 Å². The number of hydrogen-bond donors (Lipinski definition) is 2. The zero-order valence-electron chi connectivity index (χ0n) is 16.4. The third-order valence-electron chi connectivity index (χ3n) is 4.27. The minimum absolute atomic E-state index is 0.154. The molecule has 0 fully saturated rings. The van der Waals surface area contributed by atoms with Crippen LogP contribution in [0.25, 0.3) is 0 Å². The smallest absolute Gasteiger partial charge is 0.319 e. The molecule has 0 saturated carbocycles. The number of nitrogens with one attached hydrogen (secondary N) is 2. The number of benzene rings is 3. The second-order valence-corrected chi connectivity index (χ2v) is 6.44. The maximum Gasteiger partial charge on any atom is 0.319 e. The van der Waals surface area contributed by atoms with Crippen LogP contribution in [0.1, 0.15) is 5.56 Å². The van der Waals surface area contributed by atoms with Crippen LogP contribution in [0.4, 0.5) is 21.9 Å². The van der Waals surface area contributed by atoms with Crippen molar-refractivity contribution in [3.63, 3.8) is 0 Å². The van der Waals surface area contributed by atoms with Crippen molar-refractivity contribution in [3.8, 4) is 5.75 Å². The van der Waals surface area contributed by atoms with E-state index >= 15 is 0 Å². The summed E-state index contributed by atoms with van der Waals surface area (Å²) in [6.07, 6.45) is 0. The lowest BCUT2D eigenvalue weighted by Crippen LogP contribution is -2.39. The number of carbonyl (C=O) groups is 2. The van der Waals surface area contributed by atoms with Crippen molar-refractivity contribution in [3.05, 3.63) is 84.4 Å². The Morgan fingerprint density at radius 1 is 0.897 bits per heavy atom. The Bertz CT molecular complexity index is 972. The molecule has 0 aromatic heterocycles. The average molecular weight is 389 g/mol. The number of nitrogens with zero attached hydrogens (tertiary/aromatic N) is 1. The third-order valence-corrected chi connectivity index (χ3v) is 4.27. The molecule has 0 radical (unpaired) electrons. The first-order chi connectivity index (χ1) is 14.1. The Kier molecular flexibility index (Phi) is 6.47. The van der Waals surface area contributed by atoms with Gasteiger partial charge in [-0.15, -0.1) is 0 Å². The van der Waals surface area contributed by atoms with Crippen LogP contribution >= 0.6 is 0 Å². The first kappa shape index (κ1) is 19.9. The van der Waals surface area contributed by atoms with E-state index in [0.717, 1.165) is 5.56 Å². The molecule has 2 N–H and O–H groups in total. The Hall–Kier alpha value is -3.80. The highest BCUT2D eigenvalue weighted by Gasteiger charge is 2.18. The summed E-state index contributed by atoms with van der Waals surface area (Å²) >= 11 is 0. The summed E-state index contributed by atoms with van der Waals surface area (Å²) in [5, 5.41) is 5.36. The van der Waals surface area contributed by atoms with Gasteiger partial charge in [0.15, 0.2) is 0 Å². The lowest BCUT2D eigenvalue weighted by atomic mass is 10.2. The maximum absolute atomic E-state index is 13.0. The highest BCUT2D eigenvalue weighted by atomic mass is 16.5. The number of anilines is 3. The van der Waals surface area contributed by atoms with Gasteiger partial charge in [-0.3, -0.25) is 9.69 Å². The molecule has 0 unspecified atom stereocenters. The van der Waals surface area contributed by atoms with E-state index in [0.29, 0.717) is 22.8 Å². The van der Waals surface area contributed by atoms with Gasteiger partial charge in [-0.2, -0.15) is 0 Å². The summed E-state index contributed by atoms with van der Waals surface area (Å²) in [4.78, 5) is 26.7. The Labute approximate surface area is 170 Å². The van der Waals surface area contributed by atoms with Gasteiger partial charge in [-0.05, 0) is 61.0 Å². The fraction of sp³-hybridized carbons (Fsp3) is 0.130. The van der Waals surface area contributed by atoms with Crippen LogP contribution in [0.15, 0.2) is 78.9 Å². The number of aryl methyl sites for hydroxylation is 1. The van der Waals surface area contributed by atoms with Crippen molar-refractivity contribution in [2.24, 2.45) is 0 Å². The molecule has 0 saturated heterocycles. The standard InChI is InChI=1S/C23H23N3O3/c1-17-7-6-8-18(15-17)25-23(28)24-16-22(27)26(19-9-4-3-5-10-19)20-11-13-21(29-2)14-12-20/h3-15H,16H2,1-2H3,(H2,24,25,28). The minimum atomic E-state index is -0.438. The van der Waals surface area contributed by atoms with Crippen LogP contribution in [0.2, 0.25) is 0 Å². The monoisotopic (exact) mass is 389 g/mol. The van der Waals surface area contributed by atoms with Crippen molar-refractivity contribution in [1.29, 1.82) is 0 Å². The number of amides is 3. The second-order valence-electron chi connectivity index (χ2n) is 6.44. The normalized spacial score (nSPS) is 10.1. The molecule has 3 aromatic rings. The van der Waals surface area contributed by atoms with Crippen molar-refractivity contribution >= 4 is 29.0 Å². The summed E-state index contributed by atoms with van der Waals surface area (Å²) < 4.78 is 5.19. The first-order valence-electron chi connectivity index (χ1n) is 9.20. The van der Waals surface area contributed by atoms with Crippen LogP contribution in [0, 0.1) is 6.92 Å². The van der Waals surface area contributed by atoms with Gasteiger partial charge >= 0.3 is 6.03 Å². The van der Waals surface area contributed by atoms with Crippen molar-refractivity contribution < 1.29 is 14.3 Å². The molecule has 0 aliphatic carbocycles. The molecule has 6 nitrogen and oxygen atoms in total. The van der Waals surface area contributed by atoms with E-state index in [1.54, 1.807) is 42.3 Å². The summed E-state index contributed by atoms with van der Waals surface area (Å²) in [5.74, 6) is 0.436. The lowest BCUT2D eigenvalue weighted by Gasteiger charge is -2.23. The Morgan fingerprint density at radius 2 is 1.59 bits per heavy atom. The molecule has 0 bridgehead atoms. The fourth-order valence-corrected chi connectivity index (χ4v) is 2.88. The molecule has 148 valence electrons. The average Bonchev–Trinajstić information content (AvgIpc) is 2.74. The van der Waals surface area contributed by atoms with Crippen molar-refractivity contribution in [2.75, 3.05) is 23.9 Å². The van der Waals surface area contributed by atoms with E-state index in [1.807, 2.05) is 55.5 Å². The predicted octanol–water partition coefficient (Wildman–Crippen LogP) is 4.49. The number of para-hydroxylation sites is 1. The minimum Gasteiger partial charge on any atom is -0.497 e.